The molecule has 0 unspecified atom stereocenters. The van der Waals surface area contributed by atoms with Crippen LogP contribution >= 0.6 is 11.6 Å². The molecule has 3 aromatic heterocycles. The third-order valence-electron chi connectivity index (χ3n) is 3.84. The predicted molar refractivity (Wildman–Crippen MR) is 84.7 cm³/mol. The molecule has 1 aliphatic heterocycles. The molecule has 3 aromatic rings. The number of hydrogen-bond donors (Lipinski definition) is 0. The van der Waals surface area contributed by atoms with Crippen LogP contribution in [0.1, 0.15) is 5.69 Å². The van der Waals surface area contributed by atoms with Crippen LogP contribution in [0.4, 0.5) is 5.69 Å². The number of likely N-dealkylation sites (N-methyl/N-ethyl adjacent to an activating group) is 1. The van der Waals surface area contributed by atoms with E-state index in [1.54, 1.807) is 16.9 Å². The second kappa shape index (κ2) is 4.84. The Balaban J connectivity index is 2.08. The topological polar surface area (TPSA) is 55.6 Å². The lowest BCUT2D eigenvalue weighted by atomic mass is 10.2. The van der Waals surface area contributed by atoms with Crippen molar-refractivity contribution in [3.8, 4) is 17.0 Å². The number of halogens is 1. The molecule has 4 rings (SSSR count). The third-order valence-corrected chi connectivity index (χ3v) is 4.09. The minimum atomic E-state index is 0.349. The standard InChI is InChI=1S/C15H14ClN5O/c1-9-11(10-3-5-17-6-4-10)21-15(18-9)12-13(14(16)19-21)22-8-7-20(12)2/h3-6H,7-8H2,1-2H3. The van der Waals surface area contributed by atoms with E-state index in [1.165, 1.54) is 0 Å². The van der Waals surface area contributed by atoms with Crippen molar-refractivity contribution in [2.24, 2.45) is 0 Å². The summed E-state index contributed by atoms with van der Waals surface area (Å²) in [4.78, 5) is 10.9. The van der Waals surface area contributed by atoms with Gasteiger partial charge < -0.3 is 9.64 Å². The monoisotopic (exact) mass is 315 g/mol. The Morgan fingerprint density at radius 2 is 2.05 bits per heavy atom. The Morgan fingerprint density at radius 3 is 2.82 bits per heavy atom. The lowest BCUT2D eigenvalue weighted by Crippen LogP contribution is -2.30. The Bertz CT molecular complexity index is 861. The first-order chi connectivity index (χ1) is 10.7. The van der Waals surface area contributed by atoms with E-state index in [1.807, 2.05) is 26.1 Å². The zero-order valence-electron chi connectivity index (χ0n) is 12.2. The van der Waals surface area contributed by atoms with Gasteiger partial charge in [-0.3, -0.25) is 4.98 Å². The van der Waals surface area contributed by atoms with E-state index in [0.717, 1.165) is 34.8 Å². The molecular weight excluding hydrogens is 302 g/mol. The largest absolute Gasteiger partial charge is 0.486 e. The Kier molecular flexibility index (Phi) is 2.94. The minimum absolute atomic E-state index is 0.349. The lowest BCUT2D eigenvalue weighted by Gasteiger charge is -2.28. The fraction of sp³-hybridized carbons (Fsp3) is 0.267. The molecule has 0 bridgehead atoms. The van der Waals surface area contributed by atoms with Gasteiger partial charge in [-0.25, -0.2) is 9.50 Å². The molecule has 0 aromatic carbocycles. The van der Waals surface area contributed by atoms with Gasteiger partial charge in [0, 0.05) is 25.0 Å². The van der Waals surface area contributed by atoms with Crippen molar-refractivity contribution in [2.75, 3.05) is 25.1 Å². The fourth-order valence-corrected chi connectivity index (χ4v) is 3.03. The van der Waals surface area contributed by atoms with E-state index in [4.69, 9.17) is 21.3 Å². The molecule has 7 heteroatoms. The van der Waals surface area contributed by atoms with Crippen molar-refractivity contribution in [1.29, 1.82) is 0 Å². The highest BCUT2D eigenvalue weighted by atomic mass is 35.5. The molecule has 0 N–H and O–H groups in total. The van der Waals surface area contributed by atoms with Gasteiger partial charge in [-0.1, -0.05) is 11.6 Å². The maximum atomic E-state index is 6.33. The van der Waals surface area contributed by atoms with Crippen LogP contribution in [0.5, 0.6) is 5.75 Å². The maximum Gasteiger partial charge on any atom is 0.194 e. The van der Waals surface area contributed by atoms with Crippen LogP contribution in [0, 0.1) is 6.92 Å². The number of fused-ring (bicyclic) bond motifs is 3. The molecular formula is C15H14ClN5O. The first-order valence-corrected chi connectivity index (χ1v) is 7.38. The number of rotatable bonds is 1. The van der Waals surface area contributed by atoms with Crippen LogP contribution in [-0.4, -0.2) is 39.8 Å². The average molecular weight is 316 g/mol. The molecule has 0 spiro atoms. The van der Waals surface area contributed by atoms with Gasteiger partial charge >= 0.3 is 0 Å². The number of hydrogen-bond acceptors (Lipinski definition) is 5. The second-order valence-corrected chi connectivity index (χ2v) is 5.61. The number of pyridine rings is 1. The maximum absolute atomic E-state index is 6.33. The normalized spacial score (nSPS) is 14.0. The van der Waals surface area contributed by atoms with E-state index in [-0.39, 0.29) is 0 Å². The van der Waals surface area contributed by atoms with Crippen molar-refractivity contribution in [3.63, 3.8) is 0 Å². The molecule has 1 aliphatic rings. The van der Waals surface area contributed by atoms with Crippen LogP contribution in [0.15, 0.2) is 24.5 Å². The molecule has 0 saturated heterocycles. The van der Waals surface area contributed by atoms with Crippen LogP contribution in [0.3, 0.4) is 0 Å². The molecule has 6 nitrogen and oxygen atoms in total. The van der Waals surface area contributed by atoms with Gasteiger partial charge in [-0.05, 0) is 19.1 Å². The molecule has 0 saturated carbocycles. The van der Waals surface area contributed by atoms with Crippen molar-refractivity contribution in [2.45, 2.75) is 6.92 Å². The van der Waals surface area contributed by atoms with Gasteiger partial charge in [0.1, 0.15) is 12.3 Å². The molecule has 4 heterocycles. The Morgan fingerprint density at radius 1 is 1.27 bits per heavy atom. The number of imidazole rings is 1. The quantitative estimate of drug-likeness (QED) is 0.691. The first kappa shape index (κ1) is 13.3. The number of nitrogens with zero attached hydrogens (tertiary/aromatic N) is 5. The highest BCUT2D eigenvalue weighted by Gasteiger charge is 2.26. The summed E-state index contributed by atoms with van der Waals surface area (Å²) in [6.07, 6.45) is 3.51. The van der Waals surface area contributed by atoms with E-state index < -0.39 is 0 Å². The van der Waals surface area contributed by atoms with Gasteiger partial charge in [0.2, 0.25) is 0 Å². The van der Waals surface area contributed by atoms with Gasteiger partial charge in [0.25, 0.3) is 0 Å². The fourth-order valence-electron chi connectivity index (χ4n) is 2.81. The van der Waals surface area contributed by atoms with Crippen molar-refractivity contribution in [1.82, 2.24) is 19.6 Å². The van der Waals surface area contributed by atoms with Crippen molar-refractivity contribution >= 4 is 22.9 Å². The highest BCUT2D eigenvalue weighted by Crippen LogP contribution is 2.40. The SMILES string of the molecule is Cc1nc2c3c(c(Cl)nn2c1-c1ccncc1)OCCN3C. The van der Waals surface area contributed by atoms with Crippen molar-refractivity contribution < 1.29 is 4.74 Å². The Hall–Kier alpha value is -2.34. The summed E-state index contributed by atoms with van der Waals surface area (Å²) in [5.74, 6) is 0.606. The smallest absolute Gasteiger partial charge is 0.194 e. The summed E-state index contributed by atoms with van der Waals surface area (Å²) in [6.45, 7) is 3.35. The summed E-state index contributed by atoms with van der Waals surface area (Å²) in [7, 11) is 2.01. The zero-order valence-corrected chi connectivity index (χ0v) is 13.0. The summed E-state index contributed by atoms with van der Waals surface area (Å²) >= 11 is 6.33. The lowest BCUT2D eigenvalue weighted by molar-refractivity contribution is 0.310. The van der Waals surface area contributed by atoms with Crippen LogP contribution in [0.2, 0.25) is 5.15 Å². The summed E-state index contributed by atoms with van der Waals surface area (Å²) in [5.41, 5.74) is 4.45. The van der Waals surface area contributed by atoms with Crippen LogP contribution < -0.4 is 9.64 Å². The number of anilines is 1. The molecule has 22 heavy (non-hydrogen) atoms. The first-order valence-electron chi connectivity index (χ1n) is 7.00. The number of aromatic nitrogens is 4. The third kappa shape index (κ3) is 1.84. The van der Waals surface area contributed by atoms with Gasteiger partial charge in [-0.15, -0.1) is 5.10 Å². The second-order valence-electron chi connectivity index (χ2n) is 5.26. The van der Waals surface area contributed by atoms with E-state index in [0.29, 0.717) is 17.5 Å². The number of aryl methyl sites for hydroxylation is 1. The van der Waals surface area contributed by atoms with Gasteiger partial charge in [0.15, 0.2) is 16.5 Å². The zero-order chi connectivity index (χ0) is 15.3. The van der Waals surface area contributed by atoms with Crippen LogP contribution in [0.25, 0.3) is 16.9 Å². The van der Waals surface area contributed by atoms with Gasteiger partial charge in [-0.2, -0.15) is 0 Å². The predicted octanol–water partition coefficient (Wildman–Crippen LogP) is 2.58. The molecule has 0 aliphatic carbocycles. The molecule has 0 radical (unpaired) electrons. The molecule has 112 valence electrons. The van der Waals surface area contributed by atoms with Gasteiger partial charge in [0.05, 0.1) is 17.9 Å². The number of ether oxygens (including phenoxy) is 1. The summed E-state index contributed by atoms with van der Waals surface area (Å²) < 4.78 is 7.48. The van der Waals surface area contributed by atoms with Crippen molar-refractivity contribution in [3.05, 3.63) is 35.4 Å². The Labute approximate surface area is 132 Å². The molecule has 0 atom stereocenters. The van der Waals surface area contributed by atoms with Crippen LogP contribution in [-0.2, 0) is 0 Å². The average Bonchev–Trinajstić information content (AvgIpc) is 2.84. The highest BCUT2D eigenvalue weighted by molar-refractivity contribution is 6.31. The molecule has 0 fully saturated rings. The van der Waals surface area contributed by atoms with E-state index in [2.05, 4.69) is 15.0 Å². The summed E-state index contributed by atoms with van der Waals surface area (Å²) in [5, 5.41) is 4.82. The minimum Gasteiger partial charge on any atom is -0.486 e. The molecule has 0 amide bonds. The van der Waals surface area contributed by atoms with E-state index in [9.17, 15) is 0 Å². The van der Waals surface area contributed by atoms with E-state index >= 15 is 0 Å². The summed E-state index contributed by atoms with van der Waals surface area (Å²) in [6, 6.07) is 3.87.